The first-order valence-corrected chi connectivity index (χ1v) is 6.15. The third kappa shape index (κ3) is 2.81. The van der Waals surface area contributed by atoms with Gasteiger partial charge in [-0.25, -0.2) is 4.98 Å². The highest BCUT2D eigenvalue weighted by atomic mass is 35.5. The zero-order valence-corrected chi connectivity index (χ0v) is 9.90. The van der Waals surface area contributed by atoms with Crippen LogP contribution in [0.1, 0.15) is 9.67 Å². The molecule has 2 aromatic rings. The Bertz CT molecular complexity index is 469. The first-order valence-electron chi connectivity index (χ1n) is 4.14. The van der Waals surface area contributed by atoms with Crippen LogP contribution in [-0.4, -0.2) is 10.1 Å². The van der Waals surface area contributed by atoms with Gasteiger partial charge in [0.1, 0.15) is 5.03 Å². The molecule has 2 aromatic heterocycles. The molecule has 2 heterocycles. The Labute approximate surface area is 100 Å². The molecular formula is C10H6ClNOS2. The second-order valence-corrected chi connectivity index (χ2v) is 5.37. The van der Waals surface area contributed by atoms with Crippen LogP contribution in [0.2, 0.25) is 4.34 Å². The molecule has 15 heavy (non-hydrogen) atoms. The van der Waals surface area contributed by atoms with Crippen molar-refractivity contribution in [1.29, 1.82) is 0 Å². The van der Waals surface area contributed by atoms with Crippen LogP contribution in [0.25, 0.3) is 0 Å². The summed E-state index contributed by atoms with van der Waals surface area (Å²) in [5.74, 6) is 0. The molecule has 0 aliphatic carbocycles. The summed E-state index contributed by atoms with van der Waals surface area (Å²) in [4.78, 5) is 16.4. The first kappa shape index (κ1) is 10.7. The number of carbonyl (C=O) groups excluding carboxylic acids is 1. The van der Waals surface area contributed by atoms with Crippen molar-refractivity contribution in [3.05, 3.63) is 45.7 Å². The Hall–Kier alpha value is -0.840. The lowest BCUT2D eigenvalue weighted by Crippen LogP contribution is -1.89. The second kappa shape index (κ2) is 4.79. The van der Waals surface area contributed by atoms with Crippen molar-refractivity contribution in [2.45, 2.75) is 5.03 Å². The van der Waals surface area contributed by atoms with Crippen molar-refractivity contribution in [3.8, 4) is 0 Å². The van der Waals surface area contributed by atoms with Gasteiger partial charge in [0.2, 0.25) is 5.12 Å². The summed E-state index contributed by atoms with van der Waals surface area (Å²) >= 11 is 8.14. The molecule has 0 spiro atoms. The van der Waals surface area contributed by atoms with E-state index in [0.29, 0.717) is 14.2 Å². The number of carbonyl (C=O) groups is 1. The van der Waals surface area contributed by atoms with E-state index in [-0.39, 0.29) is 5.12 Å². The molecule has 0 atom stereocenters. The number of aromatic nitrogens is 1. The molecule has 0 amide bonds. The highest BCUT2D eigenvalue weighted by molar-refractivity contribution is 8.14. The fraction of sp³-hybridized carbons (Fsp3) is 0. The van der Waals surface area contributed by atoms with Crippen molar-refractivity contribution in [1.82, 2.24) is 4.98 Å². The van der Waals surface area contributed by atoms with Gasteiger partial charge in [0.25, 0.3) is 0 Å². The summed E-state index contributed by atoms with van der Waals surface area (Å²) in [7, 11) is 0. The monoisotopic (exact) mass is 255 g/mol. The number of thioether (sulfide) groups is 1. The van der Waals surface area contributed by atoms with Gasteiger partial charge in [0.05, 0.1) is 9.21 Å². The van der Waals surface area contributed by atoms with Crippen LogP contribution in [0.15, 0.2) is 41.6 Å². The van der Waals surface area contributed by atoms with Crippen LogP contribution in [0, 0.1) is 0 Å². The van der Waals surface area contributed by atoms with E-state index in [1.807, 2.05) is 12.1 Å². The molecular weight excluding hydrogens is 250 g/mol. The Morgan fingerprint density at radius 1 is 1.33 bits per heavy atom. The summed E-state index contributed by atoms with van der Waals surface area (Å²) < 4.78 is 0.625. The Balaban J connectivity index is 2.11. The second-order valence-electron chi connectivity index (χ2n) is 2.66. The molecule has 2 rings (SSSR count). The molecule has 76 valence electrons. The molecule has 0 aromatic carbocycles. The maximum Gasteiger partial charge on any atom is 0.235 e. The number of hydrogen-bond donors (Lipinski definition) is 0. The van der Waals surface area contributed by atoms with Gasteiger partial charge in [-0.15, -0.1) is 11.3 Å². The molecule has 0 N–H and O–H groups in total. The molecule has 2 nitrogen and oxygen atoms in total. The number of halogens is 1. The normalized spacial score (nSPS) is 10.2. The van der Waals surface area contributed by atoms with E-state index in [4.69, 9.17) is 11.6 Å². The summed E-state index contributed by atoms with van der Waals surface area (Å²) in [5.41, 5.74) is 0. The molecule has 0 unspecified atom stereocenters. The van der Waals surface area contributed by atoms with Gasteiger partial charge >= 0.3 is 0 Å². The fourth-order valence-corrected chi connectivity index (χ4v) is 2.72. The molecule has 0 saturated carbocycles. The van der Waals surface area contributed by atoms with E-state index in [1.54, 1.807) is 24.4 Å². The zero-order chi connectivity index (χ0) is 10.7. The van der Waals surface area contributed by atoms with Crippen LogP contribution in [-0.2, 0) is 0 Å². The quantitative estimate of drug-likeness (QED) is 0.766. The maximum atomic E-state index is 11.7. The van der Waals surface area contributed by atoms with Gasteiger partial charge in [0.15, 0.2) is 0 Å². The molecule has 5 heteroatoms. The summed E-state index contributed by atoms with van der Waals surface area (Å²) in [6, 6.07) is 8.92. The van der Waals surface area contributed by atoms with Crippen molar-refractivity contribution < 1.29 is 4.79 Å². The van der Waals surface area contributed by atoms with Gasteiger partial charge in [-0.3, -0.25) is 4.79 Å². The minimum atomic E-state index is -0.0226. The fourth-order valence-electron chi connectivity index (χ4n) is 0.977. The topological polar surface area (TPSA) is 30.0 Å². The Morgan fingerprint density at radius 3 is 2.80 bits per heavy atom. The van der Waals surface area contributed by atoms with Gasteiger partial charge in [-0.05, 0) is 36.0 Å². The third-order valence-corrected chi connectivity index (χ3v) is 3.82. The average molecular weight is 256 g/mol. The van der Waals surface area contributed by atoms with Gasteiger partial charge in [0, 0.05) is 6.20 Å². The predicted octanol–water partition coefficient (Wildman–Crippen LogP) is 3.73. The SMILES string of the molecule is O=C(Sc1ccccn1)c1ccc(Cl)s1. The van der Waals surface area contributed by atoms with Crippen molar-refractivity contribution in [2.24, 2.45) is 0 Å². The summed E-state index contributed by atoms with van der Waals surface area (Å²) in [6.45, 7) is 0. The van der Waals surface area contributed by atoms with E-state index in [1.165, 1.54) is 11.3 Å². The zero-order valence-electron chi connectivity index (χ0n) is 7.51. The summed E-state index contributed by atoms with van der Waals surface area (Å²) in [5, 5.41) is 0.678. The van der Waals surface area contributed by atoms with Crippen LogP contribution in [0.4, 0.5) is 0 Å². The first-order chi connectivity index (χ1) is 7.25. The van der Waals surface area contributed by atoms with Crippen molar-refractivity contribution in [3.63, 3.8) is 0 Å². The number of pyridine rings is 1. The standard InChI is InChI=1S/C10H6ClNOS2/c11-8-5-4-7(14-8)10(13)15-9-3-1-2-6-12-9/h1-6H. The predicted molar refractivity (Wildman–Crippen MR) is 63.8 cm³/mol. The van der Waals surface area contributed by atoms with Gasteiger partial charge in [-0.2, -0.15) is 0 Å². The van der Waals surface area contributed by atoms with Crippen molar-refractivity contribution >= 4 is 39.8 Å². The minimum absolute atomic E-state index is 0.0226. The lowest BCUT2D eigenvalue weighted by atomic mass is 10.5. The van der Waals surface area contributed by atoms with E-state index in [0.717, 1.165) is 11.8 Å². The highest BCUT2D eigenvalue weighted by Crippen LogP contribution is 2.27. The Kier molecular flexibility index (Phi) is 3.41. The largest absolute Gasteiger partial charge is 0.280 e. The number of thiophene rings is 1. The van der Waals surface area contributed by atoms with Gasteiger partial charge < -0.3 is 0 Å². The molecule has 0 bridgehead atoms. The van der Waals surface area contributed by atoms with E-state index >= 15 is 0 Å². The van der Waals surface area contributed by atoms with Crippen LogP contribution >= 0.6 is 34.7 Å². The van der Waals surface area contributed by atoms with E-state index < -0.39 is 0 Å². The molecule has 0 aliphatic heterocycles. The maximum absolute atomic E-state index is 11.7. The molecule has 0 radical (unpaired) electrons. The van der Waals surface area contributed by atoms with E-state index in [2.05, 4.69) is 4.98 Å². The smallest absolute Gasteiger partial charge is 0.235 e. The lowest BCUT2D eigenvalue weighted by Gasteiger charge is -1.95. The molecule has 0 aliphatic rings. The van der Waals surface area contributed by atoms with Crippen molar-refractivity contribution in [2.75, 3.05) is 0 Å². The molecule has 0 saturated heterocycles. The number of rotatable bonds is 2. The number of hydrogen-bond acceptors (Lipinski definition) is 4. The molecule has 0 fully saturated rings. The van der Waals surface area contributed by atoms with Crippen LogP contribution in [0.3, 0.4) is 0 Å². The summed E-state index contributed by atoms with van der Waals surface area (Å²) in [6.07, 6.45) is 1.66. The van der Waals surface area contributed by atoms with E-state index in [9.17, 15) is 4.79 Å². The van der Waals surface area contributed by atoms with Crippen LogP contribution < -0.4 is 0 Å². The van der Waals surface area contributed by atoms with Gasteiger partial charge in [-0.1, -0.05) is 17.7 Å². The third-order valence-electron chi connectivity index (χ3n) is 1.61. The minimum Gasteiger partial charge on any atom is -0.280 e. The lowest BCUT2D eigenvalue weighted by molar-refractivity contribution is 0.109. The number of nitrogens with zero attached hydrogens (tertiary/aromatic N) is 1. The van der Waals surface area contributed by atoms with Crippen LogP contribution in [0.5, 0.6) is 0 Å². The Morgan fingerprint density at radius 2 is 2.20 bits per heavy atom. The highest BCUT2D eigenvalue weighted by Gasteiger charge is 2.10. The average Bonchev–Trinajstić information content (AvgIpc) is 2.66.